The molecule has 2 nitrogen and oxygen atoms in total. The molecule has 0 aliphatic heterocycles. The molecule has 1 heterocycles. The van der Waals surface area contributed by atoms with Crippen molar-refractivity contribution >= 4 is 27.5 Å². The third kappa shape index (κ3) is 2.18. The Morgan fingerprint density at radius 1 is 1.73 bits per heavy atom. The van der Waals surface area contributed by atoms with Gasteiger partial charge < -0.3 is 0 Å². The monoisotopic (exact) mass is 230 g/mol. The summed E-state index contributed by atoms with van der Waals surface area (Å²) in [5, 5.41) is 8.94. The van der Waals surface area contributed by atoms with Crippen molar-refractivity contribution in [3.8, 4) is 6.07 Å². The van der Waals surface area contributed by atoms with Gasteiger partial charge in [-0.05, 0) is 22.0 Å². The molecule has 0 unspecified atom stereocenters. The van der Waals surface area contributed by atoms with Gasteiger partial charge in [0.1, 0.15) is 4.60 Å². The molecular formula is C7H4BrClN2. The number of nitrogens with zero attached hydrogens (tertiary/aromatic N) is 2. The Balaban J connectivity index is 3.01. The van der Waals surface area contributed by atoms with Gasteiger partial charge in [-0.3, -0.25) is 0 Å². The first-order chi connectivity index (χ1) is 5.24. The molecule has 0 spiro atoms. The van der Waals surface area contributed by atoms with Crippen molar-refractivity contribution in [2.24, 2.45) is 0 Å². The van der Waals surface area contributed by atoms with Gasteiger partial charge in [0, 0.05) is 16.8 Å². The van der Waals surface area contributed by atoms with Crippen LogP contribution in [0.5, 0.6) is 0 Å². The van der Waals surface area contributed by atoms with E-state index in [0.717, 1.165) is 5.56 Å². The zero-order chi connectivity index (χ0) is 8.27. The fourth-order valence-electron chi connectivity index (χ4n) is 0.651. The number of aromatic nitrogens is 1. The van der Waals surface area contributed by atoms with E-state index in [1.807, 2.05) is 6.07 Å². The molecule has 56 valence electrons. The van der Waals surface area contributed by atoms with Gasteiger partial charge in [0.05, 0.1) is 12.5 Å². The highest BCUT2D eigenvalue weighted by molar-refractivity contribution is 9.10. The van der Waals surface area contributed by atoms with E-state index in [4.69, 9.17) is 16.9 Å². The Morgan fingerprint density at radius 3 is 3.00 bits per heavy atom. The molecule has 0 amide bonds. The molecule has 0 radical (unpaired) electrons. The van der Waals surface area contributed by atoms with E-state index in [2.05, 4.69) is 20.9 Å². The molecule has 1 aromatic rings. The average molecular weight is 231 g/mol. The summed E-state index contributed by atoms with van der Waals surface area (Å²) in [4.78, 5) is 3.94. The maximum Gasteiger partial charge on any atom is 0.107 e. The first-order valence-electron chi connectivity index (χ1n) is 2.91. The molecule has 0 N–H and O–H groups in total. The van der Waals surface area contributed by atoms with Crippen LogP contribution in [0.15, 0.2) is 16.9 Å². The van der Waals surface area contributed by atoms with Gasteiger partial charge in [-0.15, -0.1) is 0 Å². The van der Waals surface area contributed by atoms with E-state index < -0.39 is 0 Å². The molecule has 11 heavy (non-hydrogen) atoms. The number of halogens is 2. The highest BCUT2D eigenvalue weighted by atomic mass is 79.9. The largest absolute Gasteiger partial charge is 0.249 e. The van der Waals surface area contributed by atoms with Crippen LogP contribution < -0.4 is 0 Å². The smallest absolute Gasteiger partial charge is 0.107 e. The summed E-state index contributed by atoms with van der Waals surface area (Å²) in [6.45, 7) is 0. The third-order valence-corrected chi connectivity index (χ3v) is 1.95. The van der Waals surface area contributed by atoms with Crippen LogP contribution in [0.2, 0.25) is 5.02 Å². The summed E-state index contributed by atoms with van der Waals surface area (Å²) in [5.41, 5.74) is 0.761. The van der Waals surface area contributed by atoms with Gasteiger partial charge in [0.15, 0.2) is 0 Å². The van der Waals surface area contributed by atoms with Gasteiger partial charge in [0.25, 0.3) is 0 Å². The molecule has 0 aliphatic carbocycles. The first kappa shape index (κ1) is 8.51. The fourth-order valence-corrected chi connectivity index (χ4v) is 1.33. The Hall–Kier alpha value is -0.590. The Morgan fingerprint density at radius 2 is 2.45 bits per heavy atom. The molecule has 1 rings (SSSR count). The van der Waals surface area contributed by atoms with Crippen molar-refractivity contribution in [3.05, 3.63) is 27.5 Å². The van der Waals surface area contributed by atoms with E-state index in [1.165, 1.54) is 0 Å². The summed E-state index contributed by atoms with van der Waals surface area (Å²) in [6, 6.07) is 3.68. The number of pyridine rings is 1. The lowest BCUT2D eigenvalue weighted by molar-refractivity contribution is 1.17. The quantitative estimate of drug-likeness (QED) is 0.697. The maximum absolute atomic E-state index is 8.37. The normalized spacial score (nSPS) is 9.18. The Kier molecular flexibility index (Phi) is 2.86. The number of hydrogen-bond donors (Lipinski definition) is 0. The van der Waals surface area contributed by atoms with Gasteiger partial charge in [-0.25, -0.2) is 4.98 Å². The fraction of sp³-hybridized carbons (Fsp3) is 0.143. The molecular weight excluding hydrogens is 227 g/mol. The lowest BCUT2D eigenvalue weighted by Crippen LogP contribution is -1.85. The van der Waals surface area contributed by atoms with E-state index in [9.17, 15) is 0 Å². The zero-order valence-corrected chi connectivity index (χ0v) is 7.85. The second kappa shape index (κ2) is 3.70. The highest BCUT2D eigenvalue weighted by Gasteiger charge is 1.99. The number of nitriles is 1. The summed E-state index contributed by atoms with van der Waals surface area (Å²) in [6.07, 6.45) is 1.90. The lowest BCUT2D eigenvalue weighted by Gasteiger charge is -1.97. The van der Waals surface area contributed by atoms with Crippen molar-refractivity contribution < 1.29 is 0 Å². The molecule has 0 bridgehead atoms. The van der Waals surface area contributed by atoms with Gasteiger partial charge in [0.2, 0.25) is 0 Å². The van der Waals surface area contributed by atoms with Crippen LogP contribution in [0.25, 0.3) is 0 Å². The SMILES string of the molecule is N#CCc1cnc(Br)cc1Cl. The molecule has 0 saturated carbocycles. The van der Waals surface area contributed by atoms with Crippen molar-refractivity contribution in [1.29, 1.82) is 5.26 Å². The van der Waals surface area contributed by atoms with Gasteiger partial charge >= 0.3 is 0 Å². The molecule has 1 aromatic heterocycles. The first-order valence-corrected chi connectivity index (χ1v) is 4.08. The van der Waals surface area contributed by atoms with Gasteiger partial charge in [-0.2, -0.15) is 5.26 Å². The standard InChI is InChI=1S/C7H4BrClN2/c8-7-3-6(9)5(1-2-10)4-11-7/h3-4H,1H2. The van der Waals surface area contributed by atoms with E-state index in [-0.39, 0.29) is 0 Å². The van der Waals surface area contributed by atoms with E-state index in [0.29, 0.717) is 16.0 Å². The summed E-state index contributed by atoms with van der Waals surface area (Å²) in [5.74, 6) is 0. The van der Waals surface area contributed by atoms with Crippen molar-refractivity contribution in [3.63, 3.8) is 0 Å². The predicted molar refractivity (Wildman–Crippen MR) is 46.3 cm³/mol. The van der Waals surface area contributed by atoms with Crippen LogP contribution in [0, 0.1) is 11.3 Å². The summed E-state index contributed by atoms with van der Waals surface area (Å²) >= 11 is 8.96. The second-order valence-electron chi connectivity index (χ2n) is 1.93. The number of rotatable bonds is 1. The van der Waals surface area contributed by atoms with E-state index >= 15 is 0 Å². The molecule has 4 heteroatoms. The Labute approximate surface area is 77.9 Å². The topological polar surface area (TPSA) is 36.7 Å². The minimum absolute atomic E-state index is 0.305. The molecule has 0 fully saturated rings. The Bertz CT molecular complexity index is 306. The third-order valence-electron chi connectivity index (χ3n) is 1.17. The summed E-state index contributed by atoms with van der Waals surface area (Å²) < 4.78 is 0.684. The second-order valence-corrected chi connectivity index (χ2v) is 3.15. The van der Waals surface area contributed by atoms with Crippen LogP contribution >= 0.6 is 27.5 Å². The van der Waals surface area contributed by atoms with Crippen LogP contribution in [-0.4, -0.2) is 4.98 Å². The summed E-state index contributed by atoms with van der Waals surface area (Å²) in [7, 11) is 0. The maximum atomic E-state index is 8.37. The molecule has 0 saturated heterocycles. The lowest BCUT2D eigenvalue weighted by atomic mass is 10.2. The van der Waals surface area contributed by atoms with Crippen molar-refractivity contribution in [2.75, 3.05) is 0 Å². The minimum atomic E-state index is 0.305. The van der Waals surface area contributed by atoms with Gasteiger partial charge in [-0.1, -0.05) is 11.6 Å². The molecule has 0 aliphatic rings. The van der Waals surface area contributed by atoms with Crippen molar-refractivity contribution in [2.45, 2.75) is 6.42 Å². The highest BCUT2D eigenvalue weighted by Crippen LogP contribution is 2.18. The minimum Gasteiger partial charge on any atom is -0.249 e. The van der Waals surface area contributed by atoms with Crippen molar-refractivity contribution in [1.82, 2.24) is 4.98 Å². The zero-order valence-electron chi connectivity index (χ0n) is 5.51. The van der Waals surface area contributed by atoms with Crippen LogP contribution in [-0.2, 0) is 6.42 Å². The molecule has 0 atom stereocenters. The molecule has 0 aromatic carbocycles. The predicted octanol–water partition coefficient (Wildman–Crippen LogP) is 2.56. The van der Waals surface area contributed by atoms with E-state index in [1.54, 1.807) is 12.3 Å². The van der Waals surface area contributed by atoms with Crippen LogP contribution in [0.4, 0.5) is 0 Å². The number of hydrogen-bond acceptors (Lipinski definition) is 2. The average Bonchev–Trinajstić information content (AvgIpc) is 1.95. The van der Waals surface area contributed by atoms with Crippen LogP contribution in [0.3, 0.4) is 0 Å². The van der Waals surface area contributed by atoms with Crippen LogP contribution in [0.1, 0.15) is 5.56 Å².